The minimum absolute atomic E-state index is 0.00339. The van der Waals surface area contributed by atoms with Gasteiger partial charge >= 0.3 is 12.1 Å². The number of carboxylic acid groups (broad SMARTS) is 1. The number of carbonyl (C=O) groups is 3. The number of anilines is 2. The number of rotatable bonds is 5. The van der Waals surface area contributed by atoms with E-state index in [1.165, 1.54) is 9.80 Å². The van der Waals surface area contributed by atoms with Gasteiger partial charge in [0.05, 0.1) is 29.4 Å². The van der Waals surface area contributed by atoms with Crippen molar-refractivity contribution in [3.8, 4) is 11.5 Å². The summed E-state index contributed by atoms with van der Waals surface area (Å²) in [6, 6.07) is 17.9. The second-order valence-electron chi connectivity index (χ2n) is 11.0. The second kappa shape index (κ2) is 9.78. The molecule has 3 aromatic rings. The predicted octanol–water partition coefficient (Wildman–Crippen LogP) is 5.54. The molecule has 0 aliphatic carbocycles. The molecule has 9 heteroatoms. The molecule has 41 heavy (non-hydrogen) atoms. The minimum atomic E-state index is -1.18. The maximum absolute atomic E-state index is 13.4. The van der Waals surface area contributed by atoms with Gasteiger partial charge in [-0.1, -0.05) is 43.3 Å². The first kappa shape index (κ1) is 26.6. The fourth-order valence-electron chi connectivity index (χ4n) is 6.16. The lowest BCUT2D eigenvalue weighted by Crippen LogP contribution is -2.63. The summed E-state index contributed by atoms with van der Waals surface area (Å²) in [5.41, 5.74) is 5.07. The highest BCUT2D eigenvalue weighted by Gasteiger charge is 2.59. The molecule has 1 fully saturated rings. The Balaban J connectivity index is 1.23. The van der Waals surface area contributed by atoms with Crippen molar-refractivity contribution < 1.29 is 34.1 Å². The molecule has 0 aromatic heterocycles. The monoisotopic (exact) mass is 554 g/mol. The first-order valence-corrected chi connectivity index (χ1v) is 13.5. The molecule has 0 spiro atoms. The van der Waals surface area contributed by atoms with Gasteiger partial charge in [0, 0.05) is 5.92 Å². The highest BCUT2D eigenvalue weighted by atomic mass is 16.6. The van der Waals surface area contributed by atoms with Crippen LogP contribution in [0.2, 0.25) is 0 Å². The second-order valence-corrected chi connectivity index (χ2v) is 11.0. The number of β-lactam (4-membered cyclic amide) rings is 1. The summed E-state index contributed by atoms with van der Waals surface area (Å²) in [6.07, 6.45) is -1.42. The van der Waals surface area contributed by atoms with Crippen LogP contribution in [-0.2, 0) is 20.9 Å². The van der Waals surface area contributed by atoms with Crippen molar-refractivity contribution >= 4 is 34.9 Å². The van der Waals surface area contributed by atoms with Crippen molar-refractivity contribution in [3.63, 3.8) is 0 Å². The Hall–Kier alpha value is -4.63. The zero-order valence-corrected chi connectivity index (χ0v) is 23.1. The largest absolute Gasteiger partial charge is 0.477 e. The minimum Gasteiger partial charge on any atom is -0.477 e. The smallest absolute Gasteiger partial charge is 0.419 e. The van der Waals surface area contributed by atoms with Crippen LogP contribution >= 0.6 is 0 Å². The first-order chi connectivity index (χ1) is 19.6. The molecule has 3 aromatic carbocycles. The highest BCUT2D eigenvalue weighted by Crippen LogP contribution is 2.51. The number of carboxylic acids is 1. The van der Waals surface area contributed by atoms with Gasteiger partial charge in [-0.15, -0.1) is 0 Å². The van der Waals surface area contributed by atoms with Crippen LogP contribution < -0.4 is 9.64 Å². The van der Waals surface area contributed by atoms with E-state index in [4.69, 9.17) is 9.47 Å². The quantitative estimate of drug-likeness (QED) is 0.398. The third kappa shape index (κ3) is 4.24. The van der Waals surface area contributed by atoms with Crippen LogP contribution in [0, 0.1) is 25.7 Å². The lowest BCUT2D eigenvalue weighted by Gasteiger charge is -2.46. The summed E-state index contributed by atoms with van der Waals surface area (Å²) in [5.74, 6) is -1.31. The van der Waals surface area contributed by atoms with E-state index in [0.717, 1.165) is 11.1 Å². The number of amides is 2. The van der Waals surface area contributed by atoms with Gasteiger partial charge in [0.15, 0.2) is 11.5 Å². The standard InChI is InChI=1S/C32H30N2O7/c1-16-5-11-22-24(13-16)41-25-14-17(2)6-12-23(25)33(22)32(39)40-15-20-7-9-21(10-8-20)26-18(3)28-27(19(4)35)30(36)34(28)29(26)31(37)38/h5-14,18-19,27-28,35H,15H2,1-4H3,(H,37,38)/t18-,19+,27+,28+/m0/s1. The summed E-state index contributed by atoms with van der Waals surface area (Å²) in [7, 11) is 0. The third-order valence-corrected chi connectivity index (χ3v) is 8.12. The number of ether oxygens (including phenoxy) is 2. The number of aliphatic hydroxyl groups is 1. The topological polar surface area (TPSA) is 117 Å². The number of aliphatic carboxylic acids is 1. The molecular formula is C32H30N2O7. The molecule has 0 saturated carbocycles. The van der Waals surface area contributed by atoms with E-state index in [-0.39, 0.29) is 24.1 Å². The van der Waals surface area contributed by atoms with Crippen molar-refractivity contribution in [2.45, 2.75) is 46.4 Å². The number of nitrogens with zero attached hydrogens (tertiary/aromatic N) is 2. The molecule has 3 heterocycles. The molecule has 4 atom stereocenters. The molecule has 1 saturated heterocycles. The lowest BCUT2D eigenvalue weighted by atomic mass is 9.77. The molecule has 3 aliphatic rings. The zero-order valence-electron chi connectivity index (χ0n) is 23.1. The van der Waals surface area contributed by atoms with Crippen LogP contribution in [-0.4, -0.2) is 45.2 Å². The van der Waals surface area contributed by atoms with Crippen LogP contribution in [0.1, 0.15) is 36.1 Å². The van der Waals surface area contributed by atoms with E-state index in [2.05, 4.69) is 0 Å². The summed E-state index contributed by atoms with van der Waals surface area (Å²) in [4.78, 5) is 41.0. The molecule has 0 bridgehead atoms. The molecule has 2 N–H and O–H groups in total. The normalized spacial score (nSPS) is 21.4. The molecular weight excluding hydrogens is 524 g/mol. The Bertz CT molecular complexity index is 1570. The Morgan fingerprint density at radius 2 is 1.56 bits per heavy atom. The van der Waals surface area contributed by atoms with E-state index >= 15 is 0 Å². The van der Waals surface area contributed by atoms with Gasteiger partial charge in [-0.05, 0) is 72.9 Å². The maximum atomic E-state index is 13.4. The van der Waals surface area contributed by atoms with E-state index in [1.54, 1.807) is 31.2 Å². The van der Waals surface area contributed by atoms with E-state index < -0.39 is 30.1 Å². The fraction of sp³-hybridized carbons (Fsp3) is 0.281. The Morgan fingerprint density at radius 3 is 2.10 bits per heavy atom. The van der Waals surface area contributed by atoms with Gasteiger partial charge in [-0.25, -0.2) is 14.5 Å². The number of aryl methyl sites for hydroxylation is 2. The zero-order chi connectivity index (χ0) is 29.2. The average molecular weight is 555 g/mol. The summed E-state index contributed by atoms with van der Waals surface area (Å²) < 4.78 is 11.8. The van der Waals surface area contributed by atoms with Gasteiger partial charge in [0.1, 0.15) is 12.3 Å². The molecule has 3 aliphatic heterocycles. The number of fused-ring (bicyclic) bond motifs is 3. The summed E-state index contributed by atoms with van der Waals surface area (Å²) in [5, 5.41) is 20.0. The van der Waals surface area contributed by atoms with Crippen molar-refractivity contribution in [1.29, 1.82) is 0 Å². The summed E-state index contributed by atoms with van der Waals surface area (Å²) in [6.45, 7) is 7.33. The molecule has 6 rings (SSSR count). The molecule has 0 radical (unpaired) electrons. The number of hydrogen-bond donors (Lipinski definition) is 2. The number of hydrogen-bond acceptors (Lipinski definition) is 6. The molecule has 2 amide bonds. The average Bonchev–Trinajstić information content (AvgIpc) is 3.18. The number of carbonyl (C=O) groups excluding carboxylic acids is 2. The van der Waals surface area contributed by atoms with E-state index in [9.17, 15) is 24.6 Å². The van der Waals surface area contributed by atoms with E-state index in [1.807, 2.05) is 57.2 Å². The third-order valence-electron chi connectivity index (χ3n) is 8.12. The van der Waals surface area contributed by atoms with E-state index in [0.29, 0.717) is 39.6 Å². The number of benzene rings is 3. The van der Waals surface area contributed by atoms with Crippen molar-refractivity contribution in [3.05, 3.63) is 88.6 Å². The van der Waals surface area contributed by atoms with Crippen molar-refractivity contribution in [1.82, 2.24) is 4.90 Å². The Labute approximate surface area is 237 Å². The highest BCUT2D eigenvalue weighted by molar-refractivity contribution is 6.06. The number of aliphatic hydroxyl groups excluding tert-OH is 1. The fourth-order valence-corrected chi connectivity index (χ4v) is 6.16. The van der Waals surface area contributed by atoms with Crippen LogP contribution in [0.15, 0.2) is 66.4 Å². The predicted molar refractivity (Wildman–Crippen MR) is 151 cm³/mol. The Morgan fingerprint density at radius 1 is 0.976 bits per heavy atom. The first-order valence-electron chi connectivity index (χ1n) is 13.5. The maximum Gasteiger partial charge on any atom is 0.419 e. The van der Waals surface area contributed by atoms with Crippen LogP contribution in [0.25, 0.3) is 5.57 Å². The van der Waals surface area contributed by atoms with Gasteiger partial charge in [0.2, 0.25) is 5.91 Å². The van der Waals surface area contributed by atoms with Crippen LogP contribution in [0.3, 0.4) is 0 Å². The van der Waals surface area contributed by atoms with Gasteiger partial charge in [0.25, 0.3) is 0 Å². The SMILES string of the molecule is Cc1ccc2c(c1)Oc1cc(C)ccc1N2C(=O)OCc1ccc(C2=C(C(=O)O)N3C(=O)[C@H]([C@@H](C)O)[C@H]3[C@H]2C)cc1. The molecule has 210 valence electrons. The molecule has 9 nitrogen and oxygen atoms in total. The van der Waals surface area contributed by atoms with Crippen molar-refractivity contribution in [2.24, 2.45) is 11.8 Å². The van der Waals surface area contributed by atoms with Crippen LogP contribution in [0.4, 0.5) is 16.2 Å². The van der Waals surface area contributed by atoms with Crippen molar-refractivity contribution in [2.75, 3.05) is 4.90 Å². The Kier molecular flexibility index (Phi) is 6.34. The summed E-state index contributed by atoms with van der Waals surface area (Å²) >= 11 is 0. The van der Waals surface area contributed by atoms with Crippen LogP contribution in [0.5, 0.6) is 11.5 Å². The van der Waals surface area contributed by atoms with Gasteiger partial charge in [-0.2, -0.15) is 0 Å². The van der Waals surface area contributed by atoms with Gasteiger partial charge in [-0.3, -0.25) is 4.79 Å². The molecule has 0 unspecified atom stereocenters. The van der Waals surface area contributed by atoms with Gasteiger partial charge < -0.3 is 24.6 Å². The lowest BCUT2D eigenvalue weighted by molar-refractivity contribution is -0.163.